The number of H-pyrrole nitrogens is 1. The lowest BCUT2D eigenvalue weighted by Crippen LogP contribution is -2.21. The molecule has 0 bridgehead atoms. The summed E-state index contributed by atoms with van der Waals surface area (Å²) in [4.78, 5) is 15.2. The zero-order valence-electron chi connectivity index (χ0n) is 10.6. The lowest BCUT2D eigenvalue weighted by atomic mass is 9.88. The highest BCUT2D eigenvalue weighted by atomic mass is 16.3. The lowest BCUT2D eigenvalue weighted by molar-refractivity contribution is 0.475. The monoisotopic (exact) mass is 253 g/mol. The average Bonchev–Trinajstić information content (AvgIpc) is 2.77. The van der Waals surface area contributed by atoms with Crippen molar-refractivity contribution < 1.29 is 5.11 Å². The van der Waals surface area contributed by atoms with Crippen LogP contribution in [0.4, 0.5) is 0 Å². The quantitative estimate of drug-likeness (QED) is 0.647. The van der Waals surface area contributed by atoms with Crippen LogP contribution in [0.3, 0.4) is 0 Å². The first-order valence-corrected chi connectivity index (χ1v) is 6.83. The molecule has 2 aliphatic carbocycles. The van der Waals surface area contributed by atoms with E-state index < -0.39 is 0 Å². The molecule has 3 nitrogen and oxygen atoms in total. The highest BCUT2D eigenvalue weighted by Crippen LogP contribution is 2.39. The summed E-state index contributed by atoms with van der Waals surface area (Å²) < 4.78 is 0. The van der Waals surface area contributed by atoms with E-state index in [1.165, 1.54) is 17.5 Å². The van der Waals surface area contributed by atoms with Gasteiger partial charge in [-0.1, -0.05) is 0 Å². The minimum absolute atomic E-state index is 0.0781. The molecule has 3 heteroatoms. The Morgan fingerprint density at radius 1 is 1.05 bits per heavy atom. The zero-order chi connectivity index (χ0) is 13.0. The number of benzene rings is 1. The van der Waals surface area contributed by atoms with E-state index in [1.807, 2.05) is 12.1 Å². The third-order valence-corrected chi connectivity index (χ3v) is 4.37. The summed E-state index contributed by atoms with van der Waals surface area (Å²) in [5.41, 5.74) is 6.76. The molecule has 96 valence electrons. The van der Waals surface area contributed by atoms with Gasteiger partial charge >= 0.3 is 0 Å². The Bertz CT molecular complexity index is 743. The second kappa shape index (κ2) is 3.73. The van der Waals surface area contributed by atoms with E-state index in [2.05, 4.69) is 4.98 Å². The van der Waals surface area contributed by atoms with Crippen molar-refractivity contribution in [3.05, 3.63) is 50.8 Å². The maximum absolute atomic E-state index is 12.2. The lowest BCUT2D eigenvalue weighted by Gasteiger charge is -2.18. The van der Waals surface area contributed by atoms with Gasteiger partial charge in [-0.15, -0.1) is 0 Å². The minimum atomic E-state index is 0.0781. The van der Waals surface area contributed by atoms with Gasteiger partial charge in [0.15, 0.2) is 0 Å². The number of aromatic nitrogens is 1. The summed E-state index contributed by atoms with van der Waals surface area (Å²) in [6.07, 6.45) is 5.03. The summed E-state index contributed by atoms with van der Waals surface area (Å²) in [5, 5.41) is 9.60. The Kier molecular flexibility index (Phi) is 2.13. The molecule has 1 aromatic carbocycles. The largest absolute Gasteiger partial charge is 0.508 e. The number of phenols is 1. The molecule has 0 fully saturated rings. The topological polar surface area (TPSA) is 53.1 Å². The first kappa shape index (κ1) is 10.9. The molecule has 2 aromatic rings. The smallest absolute Gasteiger partial charge is 0.251 e. The van der Waals surface area contributed by atoms with Crippen LogP contribution in [0.25, 0.3) is 11.3 Å². The van der Waals surface area contributed by atoms with Crippen molar-refractivity contribution in [2.75, 3.05) is 0 Å². The average molecular weight is 253 g/mol. The van der Waals surface area contributed by atoms with Crippen LogP contribution in [0.2, 0.25) is 0 Å². The number of phenolic OH excluding ortho intramolecular Hbond substituents is 1. The predicted molar refractivity (Wildman–Crippen MR) is 73.6 cm³/mol. The van der Waals surface area contributed by atoms with E-state index in [-0.39, 0.29) is 5.56 Å². The van der Waals surface area contributed by atoms with E-state index in [0.29, 0.717) is 5.75 Å². The Balaban J connectivity index is 2.00. The second-order valence-electron chi connectivity index (χ2n) is 5.49. The second-order valence-corrected chi connectivity index (χ2v) is 5.49. The number of pyridine rings is 1. The van der Waals surface area contributed by atoms with Crippen LogP contribution >= 0.6 is 0 Å². The van der Waals surface area contributed by atoms with Gasteiger partial charge < -0.3 is 10.1 Å². The highest BCUT2D eigenvalue weighted by molar-refractivity contribution is 5.76. The molecule has 1 heterocycles. The number of rotatable bonds is 0. The van der Waals surface area contributed by atoms with E-state index in [4.69, 9.17) is 0 Å². The molecule has 0 radical (unpaired) electrons. The SMILES string of the molecule is O=c1[nH]c2c(c3c1CCCC3)Cc1cc(O)ccc1-2. The fourth-order valence-corrected chi connectivity index (χ4v) is 3.49. The first-order chi connectivity index (χ1) is 9.24. The molecule has 0 atom stereocenters. The molecule has 2 N–H and O–H groups in total. The number of hydrogen-bond donors (Lipinski definition) is 2. The summed E-state index contributed by atoms with van der Waals surface area (Å²) in [7, 11) is 0. The molecular formula is C16H15NO2. The van der Waals surface area contributed by atoms with Gasteiger partial charge in [-0.2, -0.15) is 0 Å². The number of fused-ring (bicyclic) bond motifs is 5. The molecule has 0 saturated heterocycles. The minimum Gasteiger partial charge on any atom is -0.508 e. The Morgan fingerprint density at radius 2 is 1.84 bits per heavy atom. The summed E-state index contributed by atoms with van der Waals surface area (Å²) in [6, 6.07) is 5.40. The van der Waals surface area contributed by atoms with Crippen molar-refractivity contribution in [2.24, 2.45) is 0 Å². The third-order valence-electron chi connectivity index (χ3n) is 4.37. The number of hydrogen-bond acceptors (Lipinski definition) is 2. The normalized spacial score (nSPS) is 15.8. The number of aromatic hydroxyl groups is 1. The highest BCUT2D eigenvalue weighted by Gasteiger charge is 2.26. The molecule has 0 amide bonds. The van der Waals surface area contributed by atoms with Gasteiger partial charge in [-0.25, -0.2) is 0 Å². The van der Waals surface area contributed by atoms with Crippen molar-refractivity contribution >= 4 is 0 Å². The Labute approximate surface area is 110 Å². The van der Waals surface area contributed by atoms with Gasteiger partial charge in [0.25, 0.3) is 5.56 Å². The van der Waals surface area contributed by atoms with Gasteiger partial charge in [0.05, 0.1) is 5.69 Å². The maximum Gasteiger partial charge on any atom is 0.251 e. The van der Waals surface area contributed by atoms with Gasteiger partial charge in [-0.3, -0.25) is 4.79 Å². The van der Waals surface area contributed by atoms with Crippen LogP contribution in [-0.2, 0) is 19.3 Å². The first-order valence-electron chi connectivity index (χ1n) is 6.83. The molecular weight excluding hydrogens is 238 g/mol. The van der Waals surface area contributed by atoms with Crippen LogP contribution in [0.15, 0.2) is 23.0 Å². The van der Waals surface area contributed by atoms with E-state index in [9.17, 15) is 9.90 Å². The van der Waals surface area contributed by atoms with E-state index in [0.717, 1.165) is 48.1 Å². The predicted octanol–water partition coefficient (Wildman–Crippen LogP) is 2.53. The van der Waals surface area contributed by atoms with E-state index in [1.54, 1.807) is 6.07 Å². The Hall–Kier alpha value is -2.03. The molecule has 4 rings (SSSR count). The van der Waals surface area contributed by atoms with E-state index >= 15 is 0 Å². The molecule has 0 aliphatic heterocycles. The fraction of sp³-hybridized carbons (Fsp3) is 0.312. The van der Waals surface area contributed by atoms with Gasteiger partial charge in [0.1, 0.15) is 5.75 Å². The summed E-state index contributed by atoms with van der Waals surface area (Å²) >= 11 is 0. The van der Waals surface area contributed by atoms with Crippen molar-refractivity contribution in [3.63, 3.8) is 0 Å². The van der Waals surface area contributed by atoms with Gasteiger partial charge in [0.2, 0.25) is 0 Å². The molecule has 0 unspecified atom stereocenters. The van der Waals surface area contributed by atoms with Gasteiger partial charge in [0, 0.05) is 17.5 Å². The number of nitrogens with one attached hydrogen (secondary N) is 1. The molecule has 0 spiro atoms. The molecule has 0 saturated carbocycles. The van der Waals surface area contributed by atoms with Crippen molar-refractivity contribution in [1.29, 1.82) is 0 Å². The van der Waals surface area contributed by atoms with Crippen LogP contribution in [0.5, 0.6) is 5.75 Å². The van der Waals surface area contributed by atoms with Crippen molar-refractivity contribution in [3.8, 4) is 17.0 Å². The van der Waals surface area contributed by atoms with Gasteiger partial charge in [-0.05, 0) is 60.6 Å². The van der Waals surface area contributed by atoms with Crippen molar-refractivity contribution in [2.45, 2.75) is 32.1 Å². The third kappa shape index (κ3) is 1.47. The maximum atomic E-state index is 12.2. The summed E-state index contributed by atoms with van der Waals surface area (Å²) in [6.45, 7) is 0. The van der Waals surface area contributed by atoms with Crippen LogP contribution in [-0.4, -0.2) is 10.1 Å². The fourth-order valence-electron chi connectivity index (χ4n) is 3.49. The van der Waals surface area contributed by atoms with Crippen LogP contribution in [0.1, 0.15) is 35.1 Å². The standard InChI is InChI=1S/C16H15NO2/c18-10-5-6-11-9(7-10)8-14-12-3-1-2-4-13(12)16(19)17-15(11)14/h5-7,18H,1-4,8H2,(H,17,19). The molecule has 2 aliphatic rings. The molecule has 19 heavy (non-hydrogen) atoms. The van der Waals surface area contributed by atoms with Crippen molar-refractivity contribution in [1.82, 2.24) is 4.98 Å². The number of aromatic amines is 1. The van der Waals surface area contributed by atoms with Crippen LogP contribution in [0, 0.1) is 0 Å². The van der Waals surface area contributed by atoms with Crippen LogP contribution < -0.4 is 5.56 Å². The zero-order valence-corrected chi connectivity index (χ0v) is 10.6. The summed E-state index contributed by atoms with van der Waals surface area (Å²) in [5.74, 6) is 0.294. The molecule has 1 aromatic heterocycles. The Morgan fingerprint density at radius 3 is 2.68 bits per heavy atom.